The van der Waals surface area contributed by atoms with E-state index in [-0.39, 0.29) is 11.8 Å². The van der Waals surface area contributed by atoms with Crippen molar-refractivity contribution in [1.82, 2.24) is 19.4 Å². The smallest absolute Gasteiger partial charge is 0.275 e. The van der Waals surface area contributed by atoms with Crippen LogP contribution < -0.4 is 5.32 Å². The van der Waals surface area contributed by atoms with Gasteiger partial charge in [-0.1, -0.05) is 36.4 Å². The number of benzene rings is 2. The summed E-state index contributed by atoms with van der Waals surface area (Å²) in [6, 6.07) is 16.0. The van der Waals surface area contributed by atoms with Gasteiger partial charge in [-0.25, -0.2) is 0 Å². The van der Waals surface area contributed by atoms with Crippen molar-refractivity contribution in [1.29, 1.82) is 0 Å². The van der Waals surface area contributed by atoms with Crippen LogP contribution in [0.4, 0.5) is 0 Å². The zero-order chi connectivity index (χ0) is 22.4. The molecule has 0 unspecified atom stereocenters. The van der Waals surface area contributed by atoms with Gasteiger partial charge in [0.25, 0.3) is 11.8 Å². The summed E-state index contributed by atoms with van der Waals surface area (Å²) in [5.41, 5.74) is 4.64. The van der Waals surface area contributed by atoms with E-state index < -0.39 is 0 Å². The van der Waals surface area contributed by atoms with E-state index in [1.54, 1.807) is 0 Å². The fourth-order valence-corrected chi connectivity index (χ4v) is 4.65. The molecule has 1 aliphatic heterocycles. The van der Waals surface area contributed by atoms with Crippen molar-refractivity contribution in [2.75, 3.05) is 20.6 Å². The zero-order valence-electron chi connectivity index (χ0n) is 18.6. The highest BCUT2D eigenvalue weighted by Gasteiger charge is 2.35. The zero-order valence-corrected chi connectivity index (χ0v) is 18.6. The molecule has 5 rings (SSSR count). The average molecular weight is 427 g/mol. The molecule has 0 bridgehead atoms. The van der Waals surface area contributed by atoms with Crippen LogP contribution in [-0.4, -0.2) is 46.5 Å². The number of carbonyl (C=O) groups is 2. The monoisotopic (exact) mass is 426 g/mol. The van der Waals surface area contributed by atoms with Gasteiger partial charge in [0.15, 0.2) is 0 Å². The summed E-state index contributed by atoms with van der Waals surface area (Å²) in [7, 11) is 4.13. The Morgan fingerprint density at radius 3 is 2.31 bits per heavy atom. The number of aryl methyl sites for hydroxylation is 2. The number of nitrogens with zero attached hydrogens (tertiary/aromatic N) is 3. The van der Waals surface area contributed by atoms with E-state index in [0.29, 0.717) is 11.3 Å². The third kappa shape index (κ3) is 3.24. The fourth-order valence-electron chi connectivity index (χ4n) is 4.65. The quantitative estimate of drug-likeness (QED) is 0.476. The molecule has 3 heterocycles. The lowest BCUT2D eigenvalue weighted by Crippen LogP contribution is -2.23. The Balaban J connectivity index is 1.72. The maximum Gasteiger partial charge on any atom is 0.275 e. The van der Waals surface area contributed by atoms with Crippen LogP contribution in [-0.2, 0) is 16.1 Å². The SMILES string of the molecule is Cc1cn(C2=C(c3cn(CCCN(C)C)c4ccccc34)C(=O)NC2=O)c2ccccc12. The van der Waals surface area contributed by atoms with Gasteiger partial charge >= 0.3 is 0 Å². The Morgan fingerprint density at radius 1 is 0.875 bits per heavy atom. The van der Waals surface area contributed by atoms with E-state index in [4.69, 9.17) is 0 Å². The number of hydrogen-bond donors (Lipinski definition) is 1. The molecule has 0 saturated carbocycles. The first-order chi connectivity index (χ1) is 15.5. The van der Waals surface area contributed by atoms with Crippen LogP contribution in [0, 0.1) is 6.92 Å². The molecule has 6 nitrogen and oxygen atoms in total. The predicted molar refractivity (Wildman–Crippen MR) is 128 cm³/mol. The van der Waals surface area contributed by atoms with Crippen molar-refractivity contribution >= 4 is 44.9 Å². The molecule has 32 heavy (non-hydrogen) atoms. The summed E-state index contributed by atoms with van der Waals surface area (Å²) < 4.78 is 4.05. The van der Waals surface area contributed by atoms with Gasteiger partial charge < -0.3 is 14.0 Å². The summed E-state index contributed by atoms with van der Waals surface area (Å²) in [6.07, 6.45) is 4.95. The summed E-state index contributed by atoms with van der Waals surface area (Å²) in [4.78, 5) is 28.2. The highest BCUT2D eigenvalue weighted by molar-refractivity contribution is 6.47. The Kier molecular flexibility index (Phi) is 4.94. The number of amides is 2. The van der Waals surface area contributed by atoms with E-state index in [2.05, 4.69) is 34.9 Å². The van der Waals surface area contributed by atoms with Crippen LogP contribution in [0.2, 0.25) is 0 Å². The minimum atomic E-state index is -0.366. The summed E-state index contributed by atoms with van der Waals surface area (Å²) in [5, 5.41) is 4.57. The molecular formula is C26H26N4O2. The minimum Gasteiger partial charge on any atom is -0.347 e. The lowest BCUT2D eigenvalue weighted by molar-refractivity contribution is -0.122. The van der Waals surface area contributed by atoms with Crippen LogP contribution >= 0.6 is 0 Å². The van der Waals surface area contributed by atoms with E-state index in [1.165, 1.54) is 0 Å². The topological polar surface area (TPSA) is 59.3 Å². The predicted octanol–water partition coefficient (Wildman–Crippen LogP) is 3.88. The van der Waals surface area contributed by atoms with Crippen molar-refractivity contribution in [3.63, 3.8) is 0 Å². The van der Waals surface area contributed by atoms with Gasteiger partial charge in [-0.05, 0) is 51.7 Å². The first-order valence-corrected chi connectivity index (χ1v) is 10.9. The third-order valence-corrected chi connectivity index (χ3v) is 6.12. The molecule has 0 radical (unpaired) electrons. The molecule has 1 aliphatic rings. The molecule has 2 amide bonds. The van der Waals surface area contributed by atoms with Gasteiger partial charge in [0.2, 0.25) is 0 Å². The highest BCUT2D eigenvalue weighted by Crippen LogP contribution is 2.36. The molecule has 1 N–H and O–H groups in total. The summed E-state index contributed by atoms with van der Waals surface area (Å²) >= 11 is 0. The molecule has 2 aromatic heterocycles. The highest BCUT2D eigenvalue weighted by atomic mass is 16.2. The number of para-hydroxylation sites is 2. The van der Waals surface area contributed by atoms with Crippen molar-refractivity contribution in [3.8, 4) is 0 Å². The van der Waals surface area contributed by atoms with Crippen molar-refractivity contribution in [2.45, 2.75) is 19.9 Å². The van der Waals surface area contributed by atoms with Crippen molar-refractivity contribution < 1.29 is 9.59 Å². The Morgan fingerprint density at radius 2 is 1.56 bits per heavy atom. The number of imide groups is 1. The van der Waals surface area contributed by atoms with Gasteiger partial charge in [-0.3, -0.25) is 14.9 Å². The minimum absolute atomic E-state index is 0.350. The molecular weight excluding hydrogens is 400 g/mol. The first kappa shape index (κ1) is 20.3. The van der Waals surface area contributed by atoms with E-state index in [0.717, 1.165) is 52.4 Å². The molecule has 6 heteroatoms. The molecule has 4 aromatic rings. The maximum atomic E-state index is 13.0. The van der Waals surface area contributed by atoms with Crippen molar-refractivity contribution in [3.05, 3.63) is 72.1 Å². The van der Waals surface area contributed by atoms with Crippen LogP contribution in [0.1, 0.15) is 17.5 Å². The van der Waals surface area contributed by atoms with E-state index in [9.17, 15) is 9.59 Å². The van der Waals surface area contributed by atoms with Gasteiger partial charge in [0.1, 0.15) is 5.70 Å². The Labute approximate surface area is 186 Å². The average Bonchev–Trinajstić information content (AvgIpc) is 3.39. The number of aromatic nitrogens is 2. The molecule has 0 fully saturated rings. The lowest BCUT2D eigenvalue weighted by Gasteiger charge is -2.10. The van der Waals surface area contributed by atoms with E-state index >= 15 is 0 Å². The summed E-state index contributed by atoms with van der Waals surface area (Å²) in [5.74, 6) is -0.716. The van der Waals surface area contributed by atoms with Gasteiger partial charge in [0.05, 0.1) is 11.1 Å². The summed E-state index contributed by atoms with van der Waals surface area (Å²) in [6.45, 7) is 3.83. The number of hydrogen-bond acceptors (Lipinski definition) is 3. The third-order valence-electron chi connectivity index (χ3n) is 6.12. The maximum absolute atomic E-state index is 13.0. The van der Waals surface area contributed by atoms with Crippen LogP contribution in [0.5, 0.6) is 0 Å². The number of carbonyl (C=O) groups excluding carboxylic acids is 2. The number of fused-ring (bicyclic) bond motifs is 2. The Bertz CT molecular complexity index is 1400. The van der Waals surface area contributed by atoms with Crippen LogP contribution in [0.15, 0.2) is 60.9 Å². The fraction of sp³-hybridized carbons (Fsp3) is 0.231. The standard InChI is InChI=1S/C26H26N4O2/c1-17-15-30(22-12-7-4-9-18(17)22)24-23(25(31)27-26(24)32)20-16-29(14-8-13-28(2)3)21-11-6-5-10-19(20)21/h4-7,9-12,15-16H,8,13-14H2,1-3H3,(H,27,31,32). The number of rotatable bonds is 6. The second-order valence-electron chi connectivity index (χ2n) is 8.62. The van der Waals surface area contributed by atoms with Gasteiger partial charge in [-0.15, -0.1) is 0 Å². The molecule has 0 aliphatic carbocycles. The van der Waals surface area contributed by atoms with Gasteiger partial charge in [-0.2, -0.15) is 0 Å². The molecule has 162 valence electrons. The second kappa shape index (κ2) is 7.80. The first-order valence-electron chi connectivity index (χ1n) is 10.9. The van der Waals surface area contributed by atoms with E-state index in [1.807, 2.05) is 66.3 Å². The second-order valence-corrected chi connectivity index (χ2v) is 8.62. The molecule has 0 atom stereocenters. The van der Waals surface area contributed by atoms with Crippen molar-refractivity contribution in [2.24, 2.45) is 0 Å². The Hall–Kier alpha value is -3.64. The molecule has 0 spiro atoms. The largest absolute Gasteiger partial charge is 0.347 e. The van der Waals surface area contributed by atoms with Gasteiger partial charge in [0, 0.05) is 40.8 Å². The normalized spacial score (nSPS) is 14.4. The number of nitrogens with one attached hydrogen (secondary N) is 1. The van der Waals surface area contributed by atoms with Crippen LogP contribution in [0.3, 0.4) is 0 Å². The molecule has 0 saturated heterocycles. The molecule has 2 aromatic carbocycles. The van der Waals surface area contributed by atoms with Crippen LogP contribution in [0.25, 0.3) is 33.1 Å². The lowest BCUT2D eigenvalue weighted by atomic mass is 10.0.